The highest BCUT2D eigenvalue weighted by Gasteiger charge is 2.42. The highest BCUT2D eigenvalue weighted by atomic mass is 32.1. The van der Waals surface area contributed by atoms with Crippen molar-refractivity contribution in [1.29, 1.82) is 0 Å². The van der Waals surface area contributed by atoms with Crippen LogP contribution < -0.4 is 19.7 Å². The minimum Gasteiger partial charge on any atom is -0.497 e. The lowest BCUT2D eigenvalue weighted by atomic mass is 10.0. The van der Waals surface area contributed by atoms with Crippen LogP contribution in [0.5, 0.6) is 17.2 Å². The fourth-order valence-electron chi connectivity index (χ4n) is 5.58. The maximum atomic E-state index is 6.09. The molecule has 1 aliphatic rings. The van der Waals surface area contributed by atoms with Gasteiger partial charge in [-0.15, -0.1) is 0 Å². The van der Waals surface area contributed by atoms with Crippen LogP contribution in [-0.2, 0) is 0 Å². The molecule has 1 aliphatic heterocycles. The SMILES string of the molecule is COc1ccc(Oc2ccc(N3C(=S)N[C@H](c4ccccn4)[C@@H]3c3cccn3-c3ccc4ccccc4c3)cc2)cc1. The van der Waals surface area contributed by atoms with Gasteiger partial charge in [0, 0.05) is 29.5 Å². The highest BCUT2D eigenvalue weighted by molar-refractivity contribution is 7.80. The first-order chi connectivity index (χ1) is 20.7. The third-order valence-corrected chi connectivity index (χ3v) is 7.92. The predicted octanol–water partition coefficient (Wildman–Crippen LogP) is 8.00. The van der Waals surface area contributed by atoms with Gasteiger partial charge in [-0.2, -0.15) is 0 Å². The van der Waals surface area contributed by atoms with Crippen LogP contribution >= 0.6 is 12.2 Å². The van der Waals surface area contributed by atoms with Gasteiger partial charge in [0.1, 0.15) is 23.3 Å². The molecule has 1 N–H and O–H groups in total. The standard InChI is InChI=1S/C35H28N4O2S/c1-40-28-17-19-30(20-18-28)41-29-15-13-26(14-16-29)39-34(33(37-35(39)42)31-9-4-5-21-36-31)32-10-6-22-38(32)27-12-11-24-7-2-3-8-25(24)23-27/h2-23,33-34H,1H3,(H,37,42)/t33-,34+/m1/s1. The molecule has 0 aliphatic carbocycles. The van der Waals surface area contributed by atoms with Gasteiger partial charge >= 0.3 is 0 Å². The number of methoxy groups -OCH3 is 1. The maximum Gasteiger partial charge on any atom is 0.174 e. The fourth-order valence-corrected chi connectivity index (χ4v) is 5.93. The number of ether oxygens (including phenoxy) is 2. The van der Waals surface area contributed by atoms with Crippen LogP contribution in [0, 0.1) is 0 Å². The molecular weight excluding hydrogens is 540 g/mol. The monoisotopic (exact) mass is 568 g/mol. The molecule has 6 aromatic rings. The Labute approximate surface area is 249 Å². The average Bonchev–Trinajstić information content (AvgIpc) is 3.66. The number of pyridine rings is 1. The number of rotatable bonds is 7. The van der Waals surface area contributed by atoms with Crippen molar-refractivity contribution in [2.24, 2.45) is 0 Å². The van der Waals surface area contributed by atoms with Gasteiger partial charge < -0.3 is 24.3 Å². The molecule has 0 bridgehead atoms. The first-order valence-electron chi connectivity index (χ1n) is 13.8. The topological polar surface area (TPSA) is 51.6 Å². The fraction of sp³-hybridized carbons (Fsp3) is 0.0857. The Morgan fingerprint density at radius 2 is 1.40 bits per heavy atom. The second-order valence-electron chi connectivity index (χ2n) is 10.1. The summed E-state index contributed by atoms with van der Waals surface area (Å²) in [4.78, 5) is 6.89. The molecule has 7 rings (SSSR count). The van der Waals surface area contributed by atoms with E-state index < -0.39 is 0 Å². The third kappa shape index (κ3) is 4.84. The molecule has 0 radical (unpaired) electrons. The van der Waals surface area contributed by atoms with Crippen LogP contribution in [0.15, 0.2) is 134 Å². The molecular formula is C35H28N4O2S. The van der Waals surface area contributed by atoms with E-state index in [1.807, 2.05) is 72.9 Å². The van der Waals surface area contributed by atoms with Gasteiger partial charge in [0.25, 0.3) is 0 Å². The van der Waals surface area contributed by atoms with Crippen LogP contribution in [0.25, 0.3) is 16.5 Å². The van der Waals surface area contributed by atoms with Crippen molar-refractivity contribution in [3.05, 3.63) is 145 Å². The Hall–Kier alpha value is -5.14. The lowest BCUT2D eigenvalue weighted by Crippen LogP contribution is -2.30. The molecule has 7 heteroatoms. The average molecular weight is 569 g/mol. The number of aromatic nitrogens is 2. The maximum absolute atomic E-state index is 6.09. The first kappa shape index (κ1) is 25.8. The largest absolute Gasteiger partial charge is 0.497 e. The summed E-state index contributed by atoms with van der Waals surface area (Å²) in [5, 5.41) is 6.62. The van der Waals surface area contributed by atoms with Gasteiger partial charge in [-0.25, -0.2) is 0 Å². The van der Waals surface area contributed by atoms with Crippen molar-refractivity contribution in [3.63, 3.8) is 0 Å². The molecule has 2 aromatic heterocycles. The molecule has 2 atom stereocenters. The van der Waals surface area contributed by atoms with Gasteiger partial charge in [-0.05, 0) is 108 Å². The van der Waals surface area contributed by atoms with E-state index in [1.165, 1.54) is 10.8 Å². The number of nitrogens with one attached hydrogen (secondary N) is 1. The van der Waals surface area contributed by atoms with Gasteiger partial charge in [-0.3, -0.25) is 4.98 Å². The second kappa shape index (κ2) is 11.0. The first-order valence-corrected chi connectivity index (χ1v) is 14.2. The Morgan fingerprint density at radius 1 is 0.714 bits per heavy atom. The van der Waals surface area contributed by atoms with Crippen molar-refractivity contribution in [3.8, 4) is 22.9 Å². The van der Waals surface area contributed by atoms with Gasteiger partial charge in [0.05, 0.1) is 18.8 Å². The smallest absolute Gasteiger partial charge is 0.174 e. The number of hydrogen-bond donors (Lipinski definition) is 1. The third-order valence-electron chi connectivity index (χ3n) is 7.60. The summed E-state index contributed by atoms with van der Waals surface area (Å²) in [6.45, 7) is 0. The molecule has 206 valence electrons. The molecule has 0 amide bonds. The van der Waals surface area contributed by atoms with E-state index in [4.69, 9.17) is 26.7 Å². The zero-order chi connectivity index (χ0) is 28.5. The minimum atomic E-state index is -0.151. The van der Waals surface area contributed by atoms with E-state index in [0.29, 0.717) is 5.11 Å². The lowest BCUT2D eigenvalue weighted by molar-refractivity contribution is 0.413. The van der Waals surface area contributed by atoms with Gasteiger partial charge in [-0.1, -0.05) is 36.4 Å². The molecule has 0 unspecified atom stereocenters. The normalized spacial score (nSPS) is 16.4. The molecule has 0 spiro atoms. The molecule has 1 saturated heterocycles. The van der Waals surface area contributed by atoms with Crippen LogP contribution in [0.1, 0.15) is 23.5 Å². The van der Waals surface area contributed by atoms with Gasteiger partial charge in [0.15, 0.2) is 5.11 Å². The number of hydrogen-bond acceptors (Lipinski definition) is 4. The van der Waals surface area contributed by atoms with Crippen molar-refractivity contribution >= 4 is 33.8 Å². The number of thiocarbonyl (C=S) groups is 1. The Kier molecular flexibility index (Phi) is 6.78. The molecule has 3 heterocycles. The zero-order valence-corrected chi connectivity index (χ0v) is 23.7. The Bertz CT molecular complexity index is 1850. The summed E-state index contributed by atoms with van der Waals surface area (Å²) < 4.78 is 13.6. The predicted molar refractivity (Wildman–Crippen MR) is 171 cm³/mol. The van der Waals surface area contributed by atoms with Crippen molar-refractivity contribution in [1.82, 2.24) is 14.9 Å². The van der Waals surface area contributed by atoms with E-state index in [2.05, 4.69) is 75.6 Å². The van der Waals surface area contributed by atoms with Crippen LogP contribution in [-0.4, -0.2) is 21.8 Å². The molecule has 0 saturated carbocycles. The minimum absolute atomic E-state index is 0.150. The Morgan fingerprint density at radius 3 is 2.14 bits per heavy atom. The van der Waals surface area contributed by atoms with Crippen LogP contribution in [0.4, 0.5) is 5.69 Å². The zero-order valence-electron chi connectivity index (χ0n) is 22.9. The molecule has 1 fully saturated rings. The van der Waals surface area contributed by atoms with E-state index in [9.17, 15) is 0 Å². The van der Waals surface area contributed by atoms with E-state index in [0.717, 1.165) is 40.0 Å². The summed E-state index contributed by atoms with van der Waals surface area (Å²) in [6, 6.07) is 40.5. The van der Waals surface area contributed by atoms with Crippen molar-refractivity contribution in [2.45, 2.75) is 12.1 Å². The summed E-state index contributed by atoms with van der Waals surface area (Å²) in [5.74, 6) is 2.26. The lowest BCUT2D eigenvalue weighted by Gasteiger charge is -2.29. The Balaban J connectivity index is 1.26. The molecule has 42 heavy (non-hydrogen) atoms. The van der Waals surface area contributed by atoms with Crippen molar-refractivity contribution < 1.29 is 9.47 Å². The summed E-state index contributed by atoms with van der Waals surface area (Å²) in [5.41, 5.74) is 4.09. The number of nitrogens with zero attached hydrogens (tertiary/aromatic N) is 3. The number of anilines is 1. The quantitative estimate of drug-likeness (QED) is 0.197. The van der Waals surface area contributed by atoms with E-state index in [-0.39, 0.29) is 12.1 Å². The summed E-state index contributed by atoms with van der Waals surface area (Å²) in [6.07, 6.45) is 3.94. The second-order valence-corrected chi connectivity index (χ2v) is 10.5. The van der Waals surface area contributed by atoms with Crippen molar-refractivity contribution in [2.75, 3.05) is 12.0 Å². The molecule has 4 aromatic carbocycles. The van der Waals surface area contributed by atoms with Crippen LogP contribution in [0.2, 0.25) is 0 Å². The van der Waals surface area contributed by atoms with E-state index in [1.54, 1.807) is 7.11 Å². The summed E-state index contributed by atoms with van der Waals surface area (Å²) >= 11 is 5.97. The number of benzene rings is 4. The summed E-state index contributed by atoms with van der Waals surface area (Å²) in [7, 11) is 1.65. The van der Waals surface area contributed by atoms with Gasteiger partial charge in [0.2, 0.25) is 0 Å². The number of fused-ring (bicyclic) bond motifs is 1. The van der Waals surface area contributed by atoms with Crippen LogP contribution in [0.3, 0.4) is 0 Å². The van der Waals surface area contributed by atoms with E-state index >= 15 is 0 Å². The highest BCUT2D eigenvalue weighted by Crippen LogP contribution is 2.43. The molecule has 6 nitrogen and oxygen atoms in total.